The molecule has 0 atom stereocenters. The van der Waals surface area contributed by atoms with Gasteiger partial charge in [-0.3, -0.25) is 5.41 Å². The van der Waals surface area contributed by atoms with Crippen LogP contribution in [-0.2, 0) is 0 Å². The Bertz CT molecular complexity index is 1160. The van der Waals surface area contributed by atoms with Crippen molar-refractivity contribution in [3.63, 3.8) is 0 Å². The number of hydrogen-bond donors (Lipinski definition) is 3. The number of nitrogens with two attached hydrogens (primary N) is 2. The van der Waals surface area contributed by atoms with Gasteiger partial charge in [-0.2, -0.15) is 0 Å². The zero-order valence-corrected chi connectivity index (χ0v) is 14.6. The van der Waals surface area contributed by atoms with Gasteiger partial charge in [0.15, 0.2) is 11.5 Å². The molecule has 2 aromatic carbocycles. The smallest absolute Gasteiger partial charge is 0.182 e. The van der Waals surface area contributed by atoms with Gasteiger partial charge >= 0.3 is 0 Å². The van der Waals surface area contributed by atoms with E-state index in [0.717, 1.165) is 16.8 Å². The predicted octanol–water partition coefficient (Wildman–Crippen LogP) is 3.38. The molecular formula is C20H17FN6. The fourth-order valence-electron chi connectivity index (χ4n) is 3.06. The number of aryl methyl sites for hydroxylation is 1. The van der Waals surface area contributed by atoms with Gasteiger partial charge in [0.1, 0.15) is 11.7 Å². The van der Waals surface area contributed by atoms with Crippen molar-refractivity contribution >= 4 is 17.2 Å². The molecule has 0 saturated heterocycles. The van der Waals surface area contributed by atoms with E-state index >= 15 is 0 Å². The van der Waals surface area contributed by atoms with Crippen molar-refractivity contribution in [1.82, 2.24) is 14.6 Å². The second kappa shape index (κ2) is 6.21. The van der Waals surface area contributed by atoms with Crippen LogP contribution in [0.2, 0.25) is 0 Å². The highest BCUT2D eigenvalue weighted by molar-refractivity contribution is 6.07. The second-order valence-electron chi connectivity index (χ2n) is 6.29. The van der Waals surface area contributed by atoms with Crippen LogP contribution < -0.4 is 11.5 Å². The third kappa shape index (κ3) is 2.89. The number of amidine groups is 1. The van der Waals surface area contributed by atoms with E-state index in [9.17, 15) is 4.39 Å². The molecule has 0 spiro atoms. The number of pyridine rings is 1. The highest BCUT2D eigenvalue weighted by Crippen LogP contribution is 2.29. The van der Waals surface area contributed by atoms with Crippen LogP contribution in [0.25, 0.3) is 28.2 Å². The van der Waals surface area contributed by atoms with Crippen molar-refractivity contribution in [2.24, 2.45) is 5.73 Å². The van der Waals surface area contributed by atoms with Crippen molar-refractivity contribution in [2.45, 2.75) is 6.92 Å². The molecule has 4 aromatic rings. The first-order chi connectivity index (χ1) is 12.9. The molecule has 134 valence electrons. The average Bonchev–Trinajstić information content (AvgIpc) is 3.08. The minimum atomic E-state index is -0.325. The predicted molar refractivity (Wildman–Crippen MR) is 104 cm³/mol. The highest BCUT2D eigenvalue weighted by atomic mass is 19.1. The third-order valence-electron chi connectivity index (χ3n) is 4.38. The topological polar surface area (TPSA) is 106 Å². The Kier molecular flexibility index (Phi) is 3.84. The second-order valence-corrected chi connectivity index (χ2v) is 6.29. The number of fused-ring (bicyclic) bond motifs is 1. The Morgan fingerprint density at radius 1 is 1.04 bits per heavy atom. The lowest BCUT2D eigenvalue weighted by Gasteiger charge is -2.11. The highest BCUT2D eigenvalue weighted by Gasteiger charge is 2.19. The summed E-state index contributed by atoms with van der Waals surface area (Å²) in [5, 5.41) is 12.6. The number of hydrogen-bond acceptors (Lipinski definition) is 4. The van der Waals surface area contributed by atoms with Gasteiger partial charge in [-0.25, -0.2) is 13.9 Å². The molecule has 0 amide bonds. The van der Waals surface area contributed by atoms with Crippen LogP contribution in [-0.4, -0.2) is 20.4 Å². The molecule has 0 fully saturated rings. The molecule has 0 bridgehead atoms. The molecule has 7 heteroatoms. The fraction of sp³-hybridized carbons (Fsp3) is 0.0500. The summed E-state index contributed by atoms with van der Waals surface area (Å²) in [7, 11) is 0. The van der Waals surface area contributed by atoms with Crippen molar-refractivity contribution in [3.05, 3.63) is 71.7 Å². The Balaban J connectivity index is 1.98. The number of nitrogens with zero attached hydrogens (tertiary/aromatic N) is 3. The number of anilines is 1. The molecule has 0 radical (unpaired) electrons. The van der Waals surface area contributed by atoms with E-state index < -0.39 is 0 Å². The van der Waals surface area contributed by atoms with Crippen LogP contribution in [0.15, 0.2) is 54.6 Å². The lowest BCUT2D eigenvalue weighted by molar-refractivity contribution is 0.628. The molecule has 5 N–H and O–H groups in total. The molecule has 0 unspecified atom stereocenters. The molecule has 27 heavy (non-hydrogen) atoms. The molecular weight excluding hydrogens is 343 g/mol. The molecule has 6 nitrogen and oxygen atoms in total. The molecule has 2 heterocycles. The SMILES string of the molecule is Cc1cc(-c2ccc(F)cc2)c(C(=N)N)c2nc(-c3ccc(N)cc3)nn12. The van der Waals surface area contributed by atoms with Crippen LogP contribution in [0.5, 0.6) is 0 Å². The van der Waals surface area contributed by atoms with E-state index in [1.165, 1.54) is 12.1 Å². The Hall–Kier alpha value is -3.74. The van der Waals surface area contributed by atoms with E-state index in [-0.39, 0.29) is 11.7 Å². The molecule has 2 aromatic heterocycles. The van der Waals surface area contributed by atoms with Gasteiger partial charge in [-0.15, -0.1) is 5.10 Å². The summed E-state index contributed by atoms with van der Waals surface area (Å²) >= 11 is 0. The number of halogens is 1. The van der Waals surface area contributed by atoms with Crippen LogP contribution >= 0.6 is 0 Å². The first-order valence-electron chi connectivity index (χ1n) is 8.30. The first kappa shape index (κ1) is 16.7. The molecule has 0 saturated carbocycles. The summed E-state index contributed by atoms with van der Waals surface area (Å²) in [6.45, 7) is 1.89. The zero-order valence-electron chi connectivity index (χ0n) is 14.6. The van der Waals surface area contributed by atoms with E-state index in [4.69, 9.17) is 16.9 Å². The van der Waals surface area contributed by atoms with E-state index in [1.54, 1.807) is 28.8 Å². The van der Waals surface area contributed by atoms with Gasteiger partial charge in [0, 0.05) is 16.9 Å². The number of nitrogen functional groups attached to an aromatic ring is 2. The monoisotopic (exact) mass is 360 g/mol. The summed E-state index contributed by atoms with van der Waals surface area (Å²) in [6.07, 6.45) is 0. The number of rotatable bonds is 3. The Morgan fingerprint density at radius 3 is 2.30 bits per heavy atom. The molecule has 4 rings (SSSR count). The summed E-state index contributed by atoms with van der Waals surface area (Å²) < 4.78 is 15.0. The van der Waals surface area contributed by atoms with E-state index in [2.05, 4.69) is 10.1 Å². The van der Waals surface area contributed by atoms with Crippen LogP contribution in [0.1, 0.15) is 11.3 Å². The average molecular weight is 360 g/mol. The summed E-state index contributed by atoms with van der Waals surface area (Å²) in [4.78, 5) is 4.61. The van der Waals surface area contributed by atoms with E-state index in [0.29, 0.717) is 28.3 Å². The number of nitrogens with one attached hydrogen (secondary N) is 1. The minimum absolute atomic E-state index is 0.129. The van der Waals surface area contributed by atoms with Crippen LogP contribution in [0.4, 0.5) is 10.1 Å². The van der Waals surface area contributed by atoms with Crippen LogP contribution in [0.3, 0.4) is 0 Å². The molecule has 0 aliphatic heterocycles. The maximum Gasteiger partial charge on any atom is 0.182 e. The minimum Gasteiger partial charge on any atom is -0.399 e. The number of benzene rings is 2. The maximum absolute atomic E-state index is 13.3. The summed E-state index contributed by atoms with van der Waals surface area (Å²) in [5.74, 6) is 0.0569. The standard InChI is InChI=1S/C20H17FN6/c1-11-10-16(12-2-6-14(21)7-3-12)17(18(23)24)20-25-19(26-27(11)20)13-4-8-15(22)9-5-13/h2-10H,22H2,1H3,(H3,23,24). The van der Waals surface area contributed by atoms with Gasteiger partial charge in [0.2, 0.25) is 0 Å². The summed E-state index contributed by atoms with van der Waals surface area (Å²) in [5.41, 5.74) is 16.3. The van der Waals surface area contributed by atoms with Crippen LogP contribution in [0, 0.1) is 18.2 Å². The molecule has 0 aliphatic carbocycles. The van der Waals surface area contributed by atoms with Gasteiger partial charge in [-0.05, 0) is 60.5 Å². The maximum atomic E-state index is 13.3. The van der Waals surface area contributed by atoms with Gasteiger partial charge in [-0.1, -0.05) is 12.1 Å². The molecule has 0 aliphatic rings. The van der Waals surface area contributed by atoms with Gasteiger partial charge in [0.05, 0.1) is 5.56 Å². The Labute approximate surface area is 154 Å². The lowest BCUT2D eigenvalue weighted by atomic mass is 9.99. The quantitative estimate of drug-likeness (QED) is 0.296. The Morgan fingerprint density at radius 2 is 1.67 bits per heavy atom. The van der Waals surface area contributed by atoms with Crippen molar-refractivity contribution < 1.29 is 4.39 Å². The van der Waals surface area contributed by atoms with Gasteiger partial charge in [0.25, 0.3) is 0 Å². The van der Waals surface area contributed by atoms with Crippen molar-refractivity contribution in [2.75, 3.05) is 5.73 Å². The fourth-order valence-corrected chi connectivity index (χ4v) is 3.06. The van der Waals surface area contributed by atoms with E-state index in [1.807, 2.05) is 25.1 Å². The lowest BCUT2D eigenvalue weighted by Crippen LogP contribution is -2.15. The zero-order chi connectivity index (χ0) is 19.1. The van der Waals surface area contributed by atoms with Crippen molar-refractivity contribution in [3.8, 4) is 22.5 Å². The first-order valence-corrected chi connectivity index (χ1v) is 8.30. The normalized spacial score (nSPS) is 11.0. The summed E-state index contributed by atoms with van der Waals surface area (Å²) in [6, 6.07) is 15.2. The number of aromatic nitrogens is 3. The van der Waals surface area contributed by atoms with Crippen molar-refractivity contribution in [1.29, 1.82) is 5.41 Å². The largest absolute Gasteiger partial charge is 0.399 e. The van der Waals surface area contributed by atoms with Gasteiger partial charge < -0.3 is 11.5 Å². The third-order valence-corrected chi connectivity index (χ3v) is 4.38.